The largest absolute Gasteiger partial charge is 0.488 e. The highest BCUT2D eigenvalue weighted by atomic mass is 16.5. The SMILES string of the molecule is Cc1ccc(Cn2ccc(NC(=O)c3noc(C)c3COc3cc(C)ccc3C)n2)cc1. The van der Waals surface area contributed by atoms with Gasteiger partial charge in [0, 0.05) is 12.3 Å². The Morgan fingerprint density at radius 2 is 1.78 bits per heavy atom. The van der Waals surface area contributed by atoms with Crippen LogP contribution in [0.5, 0.6) is 5.75 Å². The molecule has 1 N–H and O–H groups in total. The van der Waals surface area contributed by atoms with Crippen molar-refractivity contribution in [2.75, 3.05) is 5.32 Å². The minimum Gasteiger partial charge on any atom is -0.488 e. The van der Waals surface area contributed by atoms with Crippen molar-refractivity contribution < 1.29 is 14.1 Å². The Hall–Kier alpha value is -3.87. The monoisotopic (exact) mass is 430 g/mol. The summed E-state index contributed by atoms with van der Waals surface area (Å²) in [6, 6.07) is 16.0. The summed E-state index contributed by atoms with van der Waals surface area (Å²) in [5.74, 6) is 1.38. The van der Waals surface area contributed by atoms with Crippen LogP contribution in [0.3, 0.4) is 0 Å². The maximum Gasteiger partial charge on any atom is 0.279 e. The van der Waals surface area contributed by atoms with Crippen LogP contribution in [0.4, 0.5) is 5.82 Å². The molecule has 2 heterocycles. The van der Waals surface area contributed by atoms with Gasteiger partial charge in [0.05, 0.1) is 12.1 Å². The van der Waals surface area contributed by atoms with E-state index in [0.717, 1.165) is 22.4 Å². The first-order valence-electron chi connectivity index (χ1n) is 10.4. The maximum absolute atomic E-state index is 12.8. The lowest BCUT2D eigenvalue weighted by Crippen LogP contribution is -2.16. The molecule has 1 amide bonds. The zero-order valence-electron chi connectivity index (χ0n) is 18.7. The van der Waals surface area contributed by atoms with Gasteiger partial charge in [0.25, 0.3) is 5.91 Å². The molecule has 2 aromatic carbocycles. The topological polar surface area (TPSA) is 82.2 Å². The second kappa shape index (κ2) is 9.09. The summed E-state index contributed by atoms with van der Waals surface area (Å²) in [6.07, 6.45) is 1.83. The van der Waals surface area contributed by atoms with E-state index in [1.54, 1.807) is 17.7 Å². The van der Waals surface area contributed by atoms with Crippen molar-refractivity contribution in [3.63, 3.8) is 0 Å². The molecule has 0 bridgehead atoms. The number of hydrogen-bond donors (Lipinski definition) is 1. The van der Waals surface area contributed by atoms with Gasteiger partial charge in [-0.1, -0.05) is 47.1 Å². The molecule has 0 spiro atoms. The summed E-state index contributed by atoms with van der Waals surface area (Å²) >= 11 is 0. The number of hydrogen-bond acceptors (Lipinski definition) is 5. The van der Waals surface area contributed by atoms with Gasteiger partial charge in [-0.05, 0) is 50.5 Å². The van der Waals surface area contributed by atoms with E-state index in [1.165, 1.54) is 5.56 Å². The van der Waals surface area contributed by atoms with Crippen LogP contribution in [-0.4, -0.2) is 20.8 Å². The minimum absolute atomic E-state index is 0.185. The van der Waals surface area contributed by atoms with Crippen molar-refractivity contribution in [1.82, 2.24) is 14.9 Å². The van der Waals surface area contributed by atoms with Gasteiger partial charge in [0.1, 0.15) is 18.1 Å². The Kier molecular flexibility index (Phi) is 6.07. The van der Waals surface area contributed by atoms with Crippen molar-refractivity contribution in [3.05, 3.63) is 94.0 Å². The quantitative estimate of drug-likeness (QED) is 0.447. The smallest absolute Gasteiger partial charge is 0.279 e. The highest BCUT2D eigenvalue weighted by molar-refractivity contribution is 6.03. The number of ether oxygens (including phenoxy) is 1. The number of carbonyl (C=O) groups is 1. The number of benzene rings is 2. The van der Waals surface area contributed by atoms with Crippen LogP contribution in [0.15, 0.2) is 59.3 Å². The van der Waals surface area contributed by atoms with E-state index in [1.807, 2.05) is 38.2 Å². The summed E-state index contributed by atoms with van der Waals surface area (Å²) < 4.78 is 13.0. The molecule has 7 nitrogen and oxygen atoms in total. The Balaban J connectivity index is 1.43. The summed E-state index contributed by atoms with van der Waals surface area (Å²) in [5, 5.41) is 11.2. The van der Waals surface area contributed by atoms with Gasteiger partial charge in [-0.2, -0.15) is 5.10 Å². The molecule has 164 valence electrons. The molecule has 0 atom stereocenters. The van der Waals surface area contributed by atoms with Crippen LogP contribution >= 0.6 is 0 Å². The standard InChI is InChI=1S/C25H26N4O3/c1-16-6-9-20(10-7-16)14-29-12-11-23(27-29)26-25(30)24-21(19(4)32-28-24)15-31-22-13-17(2)5-8-18(22)3/h5-13H,14-15H2,1-4H3,(H,26,27,30). The molecule has 2 aromatic heterocycles. The molecule has 4 aromatic rings. The molecule has 0 aliphatic carbocycles. The minimum atomic E-state index is -0.387. The fourth-order valence-electron chi connectivity index (χ4n) is 3.32. The Bertz CT molecular complexity index is 1240. The molecular formula is C25H26N4O3. The number of nitrogens with one attached hydrogen (secondary N) is 1. The van der Waals surface area contributed by atoms with Crippen molar-refractivity contribution >= 4 is 11.7 Å². The van der Waals surface area contributed by atoms with Gasteiger partial charge in [-0.25, -0.2) is 0 Å². The molecule has 0 saturated heterocycles. The predicted octanol–water partition coefficient (Wildman–Crippen LogP) is 4.98. The zero-order valence-corrected chi connectivity index (χ0v) is 18.7. The summed E-state index contributed by atoms with van der Waals surface area (Å²) in [7, 11) is 0. The number of carbonyl (C=O) groups excluding carboxylic acids is 1. The lowest BCUT2D eigenvalue weighted by molar-refractivity contribution is 0.101. The van der Waals surface area contributed by atoms with E-state index in [2.05, 4.69) is 46.8 Å². The third kappa shape index (κ3) is 4.88. The maximum atomic E-state index is 12.8. The van der Waals surface area contributed by atoms with Gasteiger partial charge < -0.3 is 14.6 Å². The van der Waals surface area contributed by atoms with E-state index in [0.29, 0.717) is 23.7 Å². The van der Waals surface area contributed by atoms with Crippen LogP contribution in [0.1, 0.15) is 44.1 Å². The van der Waals surface area contributed by atoms with Crippen LogP contribution in [0.2, 0.25) is 0 Å². The number of aromatic nitrogens is 3. The van der Waals surface area contributed by atoms with Gasteiger partial charge in [-0.3, -0.25) is 9.48 Å². The molecule has 0 unspecified atom stereocenters. The van der Waals surface area contributed by atoms with Crippen LogP contribution in [0, 0.1) is 27.7 Å². The lowest BCUT2D eigenvalue weighted by atomic mass is 10.1. The molecule has 0 saturated carbocycles. The van der Waals surface area contributed by atoms with Crippen molar-refractivity contribution in [1.29, 1.82) is 0 Å². The van der Waals surface area contributed by atoms with E-state index in [9.17, 15) is 4.79 Å². The van der Waals surface area contributed by atoms with E-state index >= 15 is 0 Å². The Morgan fingerprint density at radius 3 is 2.56 bits per heavy atom. The van der Waals surface area contributed by atoms with Crippen LogP contribution in [-0.2, 0) is 13.2 Å². The van der Waals surface area contributed by atoms with Gasteiger partial charge >= 0.3 is 0 Å². The average molecular weight is 431 g/mol. The second-order valence-electron chi connectivity index (χ2n) is 7.96. The Labute approximate surface area is 187 Å². The molecule has 7 heteroatoms. The fraction of sp³-hybridized carbons (Fsp3) is 0.240. The first-order valence-corrected chi connectivity index (χ1v) is 10.4. The normalized spacial score (nSPS) is 10.9. The van der Waals surface area contributed by atoms with Crippen LogP contribution < -0.4 is 10.1 Å². The fourth-order valence-corrected chi connectivity index (χ4v) is 3.32. The Morgan fingerprint density at radius 1 is 1.03 bits per heavy atom. The number of anilines is 1. The highest BCUT2D eigenvalue weighted by Gasteiger charge is 2.21. The number of rotatable bonds is 7. The van der Waals surface area contributed by atoms with E-state index < -0.39 is 0 Å². The first-order chi connectivity index (χ1) is 15.4. The first kappa shape index (κ1) is 21.4. The highest BCUT2D eigenvalue weighted by Crippen LogP contribution is 2.23. The summed E-state index contributed by atoms with van der Waals surface area (Å²) in [5.41, 5.74) is 5.28. The van der Waals surface area contributed by atoms with Crippen LogP contribution in [0.25, 0.3) is 0 Å². The molecule has 0 aliphatic rings. The van der Waals surface area contributed by atoms with Crippen molar-refractivity contribution in [2.45, 2.75) is 40.8 Å². The van der Waals surface area contributed by atoms with Gasteiger partial charge in [0.2, 0.25) is 0 Å². The molecule has 32 heavy (non-hydrogen) atoms. The van der Waals surface area contributed by atoms with Gasteiger partial charge in [-0.15, -0.1) is 0 Å². The molecular weight excluding hydrogens is 404 g/mol. The lowest BCUT2D eigenvalue weighted by Gasteiger charge is -2.10. The van der Waals surface area contributed by atoms with Gasteiger partial charge in [0.15, 0.2) is 11.5 Å². The third-order valence-corrected chi connectivity index (χ3v) is 5.26. The van der Waals surface area contributed by atoms with E-state index in [-0.39, 0.29) is 18.2 Å². The number of nitrogens with zero attached hydrogens (tertiary/aromatic N) is 3. The molecule has 0 aliphatic heterocycles. The zero-order chi connectivity index (χ0) is 22.7. The van der Waals surface area contributed by atoms with Crippen molar-refractivity contribution in [2.24, 2.45) is 0 Å². The third-order valence-electron chi connectivity index (χ3n) is 5.26. The number of amides is 1. The number of aryl methyl sites for hydroxylation is 4. The summed E-state index contributed by atoms with van der Waals surface area (Å²) in [6.45, 7) is 8.61. The molecule has 0 radical (unpaired) electrons. The van der Waals surface area contributed by atoms with Crippen molar-refractivity contribution in [3.8, 4) is 5.75 Å². The average Bonchev–Trinajstić information content (AvgIpc) is 3.36. The molecule has 0 fully saturated rings. The van der Waals surface area contributed by atoms with E-state index in [4.69, 9.17) is 9.26 Å². The predicted molar refractivity (Wildman–Crippen MR) is 122 cm³/mol. The summed E-state index contributed by atoms with van der Waals surface area (Å²) in [4.78, 5) is 12.8. The second-order valence-corrected chi connectivity index (χ2v) is 7.96. The molecule has 4 rings (SSSR count).